The molecule has 4 aromatic rings. The molecule has 0 aliphatic carbocycles. The van der Waals surface area contributed by atoms with Crippen LogP contribution in [0, 0.1) is 5.82 Å². The fraction of sp³-hybridized carbons (Fsp3) is 0.200. The SMILES string of the molecule is CC(=Nc1ccc(CCNc2nc3ccc(F)cc3s2)cc1)SC(CO)c1ccccc1. The normalized spacial score (nSPS) is 12.8. The number of halogens is 1. The predicted octanol–water partition coefficient (Wildman–Crippen LogP) is 6.61. The highest BCUT2D eigenvalue weighted by molar-refractivity contribution is 8.14. The van der Waals surface area contributed by atoms with Gasteiger partial charge in [0.05, 0.1) is 32.8 Å². The molecule has 0 bridgehead atoms. The van der Waals surface area contributed by atoms with Crippen molar-refractivity contribution in [2.45, 2.75) is 18.6 Å². The van der Waals surface area contributed by atoms with E-state index in [0.29, 0.717) is 0 Å². The van der Waals surface area contributed by atoms with Gasteiger partial charge in [0.15, 0.2) is 5.13 Å². The predicted molar refractivity (Wildman–Crippen MR) is 135 cm³/mol. The minimum atomic E-state index is -0.240. The van der Waals surface area contributed by atoms with E-state index < -0.39 is 0 Å². The molecule has 4 nitrogen and oxygen atoms in total. The summed E-state index contributed by atoms with van der Waals surface area (Å²) in [6.45, 7) is 2.78. The number of thioether (sulfide) groups is 1. The van der Waals surface area contributed by atoms with Crippen molar-refractivity contribution in [3.8, 4) is 0 Å². The summed E-state index contributed by atoms with van der Waals surface area (Å²) >= 11 is 3.03. The molecule has 0 fully saturated rings. The zero-order valence-electron chi connectivity index (χ0n) is 17.7. The molecule has 4 rings (SSSR count). The first-order valence-corrected chi connectivity index (χ1v) is 12.1. The Morgan fingerprint density at radius 1 is 1.12 bits per heavy atom. The molecule has 0 saturated heterocycles. The molecule has 0 saturated carbocycles. The first kappa shape index (κ1) is 22.5. The topological polar surface area (TPSA) is 57.5 Å². The highest BCUT2D eigenvalue weighted by Gasteiger charge is 2.12. The molecule has 1 atom stereocenters. The van der Waals surface area contributed by atoms with Crippen molar-refractivity contribution in [2.24, 2.45) is 4.99 Å². The molecule has 1 heterocycles. The van der Waals surface area contributed by atoms with Crippen molar-refractivity contribution in [2.75, 3.05) is 18.5 Å². The minimum absolute atomic E-state index is 0.0238. The highest BCUT2D eigenvalue weighted by Crippen LogP contribution is 2.30. The number of benzene rings is 3. The Morgan fingerprint density at radius 2 is 1.91 bits per heavy atom. The number of aliphatic imine (C=N–C) groups is 1. The second-order valence-electron chi connectivity index (χ2n) is 7.30. The number of aliphatic hydroxyl groups is 1. The van der Waals surface area contributed by atoms with Crippen LogP contribution in [0.1, 0.15) is 23.3 Å². The maximum absolute atomic E-state index is 13.3. The van der Waals surface area contributed by atoms with Crippen LogP contribution in [0.5, 0.6) is 0 Å². The molecule has 2 N–H and O–H groups in total. The Balaban J connectivity index is 1.31. The molecule has 0 aliphatic rings. The second kappa shape index (κ2) is 10.7. The van der Waals surface area contributed by atoms with E-state index in [4.69, 9.17) is 0 Å². The van der Waals surface area contributed by atoms with Gasteiger partial charge in [-0.25, -0.2) is 14.4 Å². The van der Waals surface area contributed by atoms with E-state index >= 15 is 0 Å². The van der Waals surface area contributed by atoms with Gasteiger partial charge in [0.1, 0.15) is 5.82 Å². The quantitative estimate of drug-likeness (QED) is 0.227. The van der Waals surface area contributed by atoms with Crippen LogP contribution < -0.4 is 5.32 Å². The monoisotopic (exact) mass is 465 g/mol. The number of hydrogen-bond donors (Lipinski definition) is 2. The number of anilines is 1. The zero-order valence-corrected chi connectivity index (χ0v) is 19.3. The van der Waals surface area contributed by atoms with Gasteiger partial charge in [0.25, 0.3) is 0 Å². The summed E-state index contributed by atoms with van der Waals surface area (Å²) in [5.41, 5.74) is 4.00. The van der Waals surface area contributed by atoms with Crippen molar-refractivity contribution in [3.63, 3.8) is 0 Å². The summed E-state index contributed by atoms with van der Waals surface area (Å²) in [6, 6.07) is 22.8. The molecule has 0 aliphatic heterocycles. The number of thiazole rings is 1. The number of aromatic nitrogens is 1. The van der Waals surface area contributed by atoms with Gasteiger partial charge in [0.2, 0.25) is 0 Å². The number of nitrogens with zero attached hydrogens (tertiary/aromatic N) is 2. The molecular formula is C25H24FN3OS2. The van der Waals surface area contributed by atoms with Gasteiger partial charge < -0.3 is 10.4 Å². The van der Waals surface area contributed by atoms with Crippen LogP contribution in [0.15, 0.2) is 77.8 Å². The summed E-state index contributed by atoms with van der Waals surface area (Å²) in [4.78, 5) is 9.17. The van der Waals surface area contributed by atoms with Gasteiger partial charge in [0, 0.05) is 6.54 Å². The molecule has 7 heteroatoms. The summed E-state index contributed by atoms with van der Waals surface area (Å²) in [7, 11) is 0. The molecule has 0 radical (unpaired) electrons. The maximum Gasteiger partial charge on any atom is 0.183 e. The number of rotatable bonds is 8. The number of fused-ring (bicyclic) bond motifs is 1. The Morgan fingerprint density at radius 3 is 2.66 bits per heavy atom. The fourth-order valence-electron chi connectivity index (χ4n) is 3.32. The third-order valence-electron chi connectivity index (χ3n) is 4.91. The lowest BCUT2D eigenvalue weighted by Gasteiger charge is -2.13. The van der Waals surface area contributed by atoms with Crippen LogP contribution in [-0.2, 0) is 6.42 Å². The van der Waals surface area contributed by atoms with E-state index in [0.717, 1.165) is 44.6 Å². The van der Waals surface area contributed by atoms with E-state index in [-0.39, 0.29) is 17.7 Å². The Kier molecular flexibility index (Phi) is 7.52. The lowest BCUT2D eigenvalue weighted by molar-refractivity contribution is 0.296. The van der Waals surface area contributed by atoms with Crippen LogP contribution in [-0.4, -0.2) is 28.3 Å². The zero-order chi connectivity index (χ0) is 22.3. The van der Waals surface area contributed by atoms with Gasteiger partial charge in [-0.05, 0) is 54.8 Å². The Bertz CT molecular complexity index is 1190. The van der Waals surface area contributed by atoms with Gasteiger partial charge in [-0.15, -0.1) is 11.8 Å². The fourth-order valence-corrected chi connectivity index (χ4v) is 5.17. The van der Waals surface area contributed by atoms with E-state index in [1.54, 1.807) is 17.8 Å². The van der Waals surface area contributed by atoms with E-state index in [2.05, 4.69) is 27.4 Å². The van der Waals surface area contributed by atoms with Crippen molar-refractivity contribution in [1.29, 1.82) is 0 Å². The Hall–Kier alpha value is -2.74. The average molecular weight is 466 g/mol. The number of aliphatic hydroxyl groups excluding tert-OH is 1. The summed E-state index contributed by atoms with van der Waals surface area (Å²) in [5, 5.41) is 14.8. The lowest BCUT2D eigenvalue weighted by Crippen LogP contribution is -2.04. The molecule has 0 spiro atoms. The van der Waals surface area contributed by atoms with E-state index in [1.807, 2.05) is 49.4 Å². The van der Waals surface area contributed by atoms with Crippen molar-refractivity contribution < 1.29 is 9.50 Å². The molecule has 3 aromatic carbocycles. The number of nitrogens with one attached hydrogen (secondary N) is 1. The van der Waals surface area contributed by atoms with Crippen molar-refractivity contribution >= 4 is 49.2 Å². The first-order valence-electron chi connectivity index (χ1n) is 10.4. The van der Waals surface area contributed by atoms with Crippen molar-refractivity contribution in [1.82, 2.24) is 4.98 Å². The summed E-state index contributed by atoms with van der Waals surface area (Å²) in [5.74, 6) is -0.240. The average Bonchev–Trinajstić information content (AvgIpc) is 3.21. The highest BCUT2D eigenvalue weighted by atomic mass is 32.2. The lowest BCUT2D eigenvalue weighted by atomic mass is 10.1. The van der Waals surface area contributed by atoms with Gasteiger partial charge in [-0.2, -0.15) is 0 Å². The van der Waals surface area contributed by atoms with Crippen LogP contribution in [0.2, 0.25) is 0 Å². The smallest absolute Gasteiger partial charge is 0.183 e. The van der Waals surface area contributed by atoms with Crippen LogP contribution in [0.4, 0.5) is 15.2 Å². The molecule has 0 amide bonds. The second-order valence-corrected chi connectivity index (χ2v) is 9.73. The first-order chi connectivity index (χ1) is 15.6. The minimum Gasteiger partial charge on any atom is -0.395 e. The molecular weight excluding hydrogens is 441 g/mol. The van der Waals surface area contributed by atoms with Crippen LogP contribution in [0.3, 0.4) is 0 Å². The van der Waals surface area contributed by atoms with E-state index in [1.165, 1.54) is 29.0 Å². The standard InChI is InChI=1S/C25H24FN3OS2/c1-17(31-24(16-30)19-5-3-2-4-6-19)28-21-10-7-18(8-11-21)13-14-27-25-29-22-12-9-20(26)15-23(22)32-25/h2-12,15,24,30H,13-14,16H2,1H3,(H,27,29). The van der Waals surface area contributed by atoms with Gasteiger partial charge in [-0.1, -0.05) is 53.8 Å². The van der Waals surface area contributed by atoms with Gasteiger partial charge in [-0.3, -0.25) is 0 Å². The summed E-state index contributed by atoms with van der Waals surface area (Å²) in [6.07, 6.45) is 0.850. The third kappa shape index (κ3) is 5.94. The number of hydrogen-bond acceptors (Lipinski definition) is 6. The largest absolute Gasteiger partial charge is 0.395 e. The molecule has 32 heavy (non-hydrogen) atoms. The third-order valence-corrected chi connectivity index (χ3v) is 7.03. The van der Waals surface area contributed by atoms with Crippen molar-refractivity contribution in [3.05, 3.63) is 89.7 Å². The van der Waals surface area contributed by atoms with Crippen LogP contribution in [0.25, 0.3) is 10.2 Å². The Labute approximate surface area is 195 Å². The maximum atomic E-state index is 13.3. The van der Waals surface area contributed by atoms with Gasteiger partial charge >= 0.3 is 0 Å². The molecule has 1 unspecified atom stereocenters. The summed E-state index contributed by atoms with van der Waals surface area (Å²) < 4.78 is 14.2. The molecule has 164 valence electrons. The van der Waals surface area contributed by atoms with Crippen LogP contribution >= 0.6 is 23.1 Å². The van der Waals surface area contributed by atoms with E-state index in [9.17, 15) is 9.50 Å². The molecule has 1 aromatic heterocycles.